The van der Waals surface area contributed by atoms with E-state index in [2.05, 4.69) is 9.05 Å². The second-order valence-electron chi connectivity index (χ2n) is 2.91. The van der Waals surface area contributed by atoms with E-state index in [1.165, 1.54) is 0 Å². The van der Waals surface area contributed by atoms with Crippen molar-refractivity contribution in [3.8, 4) is 0 Å². The van der Waals surface area contributed by atoms with Crippen molar-refractivity contribution in [1.82, 2.24) is 0 Å². The SMILES string of the molecule is [B]C1OC(CO)C2OP(=O)([O-])O[C@@H]12. The van der Waals surface area contributed by atoms with Crippen molar-refractivity contribution in [3.05, 3.63) is 0 Å². The largest absolute Gasteiger partial charge is 0.756 e. The number of ether oxygens (including phenoxy) is 1. The van der Waals surface area contributed by atoms with Crippen LogP contribution in [0.2, 0.25) is 0 Å². The minimum atomic E-state index is -4.23. The van der Waals surface area contributed by atoms with Crippen LogP contribution in [-0.2, 0) is 18.3 Å². The fraction of sp³-hybridized carbons (Fsp3) is 1.00. The molecule has 2 fully saturated rings. The molecule has 4 unspecified atom stereocenters. The number of hydrogen-bond donors (Lipinski definition) is 1. The molecular weight excluding hydrogens is 198 g/mol. The van der Waals surface area contributed by atoms with Crippen molar-refractivity contribution in [3.63, 3.8) is 0 Å². The van der Waals surface area contributed by atoms with Crippen molar-refractivity contribution in [1.29, 1.82) is 0 Å². The lowest BCUT2D eigenvalue weighted by atomic mass is 9.93. The van der Waals surface area contributed by atoms with Crippen molar-refractivity contribution in [2.45, 2.75) is 24.3 Å². The van der Waals surface area contributed by atoms with E-state index in [0.717, 1.165) is 0 Å². The third kappa shape index (κ3) is 1.56. The molecule has 13 heavy (non-hydrogen) atoms. The Balaban J connectivity index is 2.17. The third-order valence-corrected chi connectivity index (χ3v) is 3.03. The number of hydrogen-bond acceptors (Lipinski definition) is 6. The lowest BCUT2D eigenvalue weighted by Crippen LogP contribution is -2.31. The molecule has 2 heterocycles. The number of rotatable bonds is 1. The Morgan fingerprint density at radius 3 is 2.69 bits per heavy atom. The van der Waals surface area contributed by atoms with Gasteiger partial charge in [0.2, 0.25) is 0 Å². The van der Waals surface area contributed by atoms with E-state index in [4.69, 9.17) is 17.7 Å². The van der Waals surface area contributed by atoms with Crippen LogP contribution in [0.25, 0.3) is 0 Å². The lowest BCUT2D eigenvalue weighted by Gasteiger charge is -2.19. The molecule has 2 aliphatic heterocycles. The Labute approximate surface area is 75.8 Å². The predicted octanol–water partition coefficient (Wildman–Crippen LogP) is -1.88. The van der Waals surface area contributed by atoms with Crippen LogP contribution in [0.15, 0.2) is 0 Å². The zero-order chi connectivity index (χ0) is 9.64. The molecule has 0 aromatic carbocycles. The van der Waals surface area contributed by atoms with Gasteiger partial charge in [-0.1, -0.05) is 0 Å². The van der Waals surface area contributed by atoms with Gasteiger partial charge in [-0.25, -0.2) is 0 Å². The van der Waals surface area contributed by atoms with Crippen LogP contribution >= 0.6 is 7.82 Å². The van der Waals surface area contributed by atoms with Crippen molar-refractivity contribution in [2.24, 2.45) is 0 Å². The first-order chi connectivity index (χ1) is 6.03. The second kappa shape index (κ2) is 3.05. The standard InChI is InChI=1S/C5H8BO6P/c6-5-4-3(2(1-7)10-5)11-13(8,9)12-4/h2-5,7H,1H2,(H,8,9)/p-1/t2?,3?,4-,5?/m1/s1. The van der Waals surface area contributed by atoms with Crippen LogP contribution in [0.3, 0.4) is 0 Å². The third-order valence-electron chi connectivity index (χ3n) is 2.03. The highest BCUT2D eigenvalue weighted by molar-refractivity contribution is 7.46. The molecule has 2 radical (unpaired) electrons. The molecule has 8 heteroatoms. The molecular formula is C5H7BO6P-. The maximum Gasteiger partial charge on any atom is 0.268 e. The summed E-state index contributed by atoms with van der Waals surface area (Å²) in [5, 5.41) is 8.79. The number of aliphatic hydroxyl groups is 1. The highest BCUT2D eigenvalue weighted by atomic mass is 31.2. The number of aliphatic hydroxyl groups excluding tert-OH is 1. The van der Waals surface area contributed by atoms with Gasteiger partial charge in [-0.3, -0.25) is 4.57 Å². The van der Waals surface area contributed by atoms with Gasteiger partial charge in [0.15, 0.2) is 0 Å². The van der Waals surface area contributed by atoms with E-state index in [-0.39, 0.29) is 6.61 Å². The smallest absolute Gasteiger partial charge is 0.268 e. The molecule has 72 valence electrons. The van der Waals surface area contributed by atoms with Crippen LogP contribution in [0, 0.1) is 0 Å². The fourth-order valence-electron chi connectivity index (χ4n) is 1.47. The van der Waals surface area contributed by atoms with Crippen molar-refractivity contribution < 1.29 is 28.3 Å². The Morgan fingerprint density at radius 2 is 2.08 bits per heavy atom. The van der Waals surface area contributed by atoms with Crippen molar-refractivity contribution in [2.75, 3.05) is 6.61 Å². The van der Waals surface area contributed by atoms with Crippen LogP contribution < -0.4 is 4.89 Å². The second-order valence-corrected chi connectivity index (χ2v) is 4.23. The summed E-state index contributed by atoms with van der Waals surface area (Å²) < 4.78 is 24.9. The summed E-state index contributed by atoms with van der Waals surface area (Å²) in [4.78, 5) is 10.8. The van der Waals surface area contributed by atoms with Crippen LogP contribution in [0.1, 0.15) is 0 Å². The Morgan fingerprint density at radius 1 is 1.46 bits per heavy atom. The first-order valence-corrected chi connectivity index (χ1v) is 5.19. The van der Waals surface area contributed by atoms with Gasteiger partial charge in [0.1, 0.15) is 26.2 Å². The minimum Gasteiger partial charge on any atom is -0.756 e. The molecule has 0 bridgehead atoms. The van der Waals surface area contributed by atoms with Crippen LogP contribution in [-0.4, -0.2) is 43.9 Å². The van der Waals surface area contributed by atoms with Gasteiger partial charge < -0.3 is 23.8 Å². The van der Waals surface area contributed by atoms with Gasteiger partial charge in [0, 0.05) is 6.00 Å². The van der Waals surface area contributed by atoms with Gasteiger partial charge in [-0.05, 0) is 0 Å². The first kappa shape index (κ1) is 9.64. The van der Waals surface area contributed by atoms with E-state index in [0.29, 0.717) is 0 Å². The van der Waals surface area contributed by atoms with E-state index in [1.54, 1.807) is 0 Å². The Hall–Kier alpha value is 0.0949. The molecule has 0 aromatic heterocycles. The molecule has 0 spiro atoms. The highest BCUT2D eigenvalue weighted by Crippen LogP contribution is 2.53. The van der Waals surface area contributed by atoms with Gasteiger partial charge in [-0.2, -0.15) is 0 Å². The monoisotopic (exact) mass is 205 g/mol. The predicted molar refractivity (Wildman–Crippen MR) is 38.9 cm³/mol. The number of phosphoric ester groups is 1. The minimum absolute atomic E-state index is 0.349. The summed E-state index contributed by atoms with van der Waals surface area (Å²) in [6, 6.07) is -0.869. The maximum atomic E-state index is 10.8. The molecule has 0 aromatic rings. The first-order valence-electron chi connectivity index (χ1n) is 3.73. The van der Waals surface area contributed by atoms with Crippen molar-refractivity contribution >= 4 is 15.7 Å². The molecule has 2 saturated heterocycles. The van der Waals surface area contributed by atoms with Gasteiger partial charge >= 0.3 is 0 Å². The quantitative estimate of drug-likeness (QED) is 0.398. The summed E-state index contributed by atoms with van der Waals surface area (Å²) >= 11 is 0. The van der Waals surface area contributed by atoms with E-state index >= 15 is 0 Å². The zero-order valence-electron chi connectivity index (χ0n) is 6.53. The number of phosphoric acid groups is 1. The van der Waals surface area contributed by atoms with Gasteiger partial charge in [0.25, 0.3) is 7.82 Å². The normalized spacial score (nSPS) is 55.2. The van der Waals surface area contributed by atoms with E-state index in [1.807, 2.05) is 0 Å². The van der Waals surface area contributed by atoms with E-state index in [9.17, 15) is 9.46 Å². The summed E-state index contributed by atoms with van der Waals surface area (Å²) in [6.45, 7) is -0.349. The molecule has 6 nitrogen and oxygen atoms in total. The Bertz CT molecular complexity index is 259. The zero-order valence-corrected chi connectivity index (χ0v) is 7.42. The summed E-state index contributed by atoms with van der Waals surface area (Å²) in [6.07, 6.45) is -2.38. The summed E-state index contributed by atoms with van der Waals surface area (Å²) in [5.74, 6) is 0. The molecule has 2 rings (SSSR count). The summed E-state index contributed by atoms with van der Waals surface area (Å²) in [5.41, 5.74) is 0. The molecule has 0 saturated carbocycles. The number of fused-ring (bicyclic) bond motifs is 1. The van der Waals surface area contributed by atoms with Gasteiger partial charge in [-0.15, -0.1) is 0 Å². The lowest BCUT2D eigenvalue weighted by molar-refractivity contribution is -0.219. The molecule has 0 aliphatic carbocycles. The average Bonchev–Trinajstić information content (AvgIpc) is 2.47. The Kier molecular flexibility index (Phi) is 2.26. The summed E-state index contributed by atoms with van der Waals surface area (Å²) in [7, 11) is 1.18. The highest BCUT2D eigenvalue weighted by Gasteiger charge is 2.51. The van der Waals surface area contributed by atoms with Crippen LogP contribution in [0.4, 0.5) is 0 Å². The van der Waals surface area contributed by atoms with Crippen LogP contribution in [0.5, 0.6) is 0 Å². The van der Waals surface area contributed by atoms with E-state index < -0.39 is 32.1 Å². The molecule has 2 aliphatic rings. The topological polar surface area (TPSA) is 88.0 Å². The molecule has 0 amide bonds. The van der Waals surface area contributed by atoms with Gasteiger partial charge in [0.05, 0.1) is 6.61 Å². The molecule has 1 N–H and O–H groups in total. The average molecular weight is 205 g/mol. The fourth-order valence-corrected chi connectivity index (χ4v) is 2.61. The maximum absolute atomic E-state index is 10.8. The molecule has 5 atom stereocenters.